The summed E-state index contributed by atoms with van der Waals surface area (Å²) in [4.78, 5) is 3.48. The molecule has 86 valence electrons. The summed E-state index contributed by atoms with van der Waals surface area (Å²) in [5, 5.41) is 8.67. The molecule has 1 N–H and O–H groups in total. The van der Waals surface area contributed by atoms with E-state index in [2.05, 4.69) is 16.8 Å². The number of pyridine rings is 1. The topological polar surface area (TPSA) is 33.1 Å². The summed E-state index contributed by atoms with van der Waals surface area (Å²) in [5.41, 5.74) is -0.921. The van der Waals surface area contributed by atoms with Crippen LogP contribution in [0.4, 0.5) is 13.2 Å². The molecular formula is C10H7ClF3NO. The van der Waals surface area contributed by atoms with Gasteiger partial charge in [0.1, 0.15) is 11.8 Å². The summed E-state index contributed by atoms with van der Waals surface area (Å²) in [7, 11) is 0. The first-order valence-electron chi connectivity index (χ1n) is 4.23. The summed E-state index contributed by atoms with van der Waals surface area (Å²) in [6.45, 7) is 1.42. The van der Waals surface area contributed by atoms with Crippen LogP contribution < -0.4 is 0 Å². The lowest BCUT2D eigenvalue weighted by atomic mass is 10.2. The van der Waals surface area contributed by atoms with Gasteiger partial charge in [-0.1, -0.05) is 17.5 Å². The molecule has 1 heterocycles. The van der Waals surface area contributed by atoms with E-state index in [4.69, 9.17) is 16.7 Å². The Kier molecular flexibility index (Phi) is 3.79. The number of aromatic nitrogens is 1. The lowest BCUT2D eigenvalue weighted by Gasteiger charge is -2.06. The third-order valence-corrected chi connectivity index (χ3v) is 1.86. The zero-order valence-electron chi connectivity index (χ0n) is 8.14. The van der Waals surface area contributed by atoms with Gasteiger partial charge in [-0.2, -0.15) is 13.2 Å². The summed E-state index contributed by atoms with van der Waals surface area (Å²) >= 11 is 5.57. The molecule has 0 aliphatic heterocycles. The number of halogens is 4. The van der Waals surface area contributed by atoms with Gasteiger partial charge in [-0.25, -0.2) is 4.98 Å². The normalized spacial score (nSPS) is 12.9. The van der Waals surface area contributed by atoms with Crippen LogP contribution in [0.15, 0.2) is 12.3 Å². The first-order valence-corrected chi connectivity index (χ1v) is 4.61. The minimum absolute atomic E-state index is 0.00978. The van der Waals surface area contributed by atoms with Crippen LogP contribution in [0.25, 0.3) is 0 Å². The average molecular weight is 250 g/mol. The van der Waals surface area contributed by atoms with Gasteiger partial charge < -0.3 is 5.11 Å². The highest BCUT2D eigenvalue weighted by molar-refractivity contribution is 6.31. The van der Waals surface area contributed by atoms with Gasteiger partial charge >= 0.3 is 6.18 Å². The van der Waals surface area contributed by atoms with Crippen molar-refractivity contribution >= 4 is 11.6 Å². The molecule has 1 atom stereocenters. The molecule has 0 aromatic carbocycles. The molecule has 0 aliphatic rings. The molecule has 16 heavy (non-hydrogen) atoms. The number of aliphatic hydroxyl groups excluding tert-OH is 1. The number of nitrogens with zero attached hydrogens (tertiary/aromatic N) is 1. The van der Waals surface area contributed by atoms with Gasteiger partial charge in [-0.3, -0.25) is 0 Å². The average Bonchev–Trinajstić information content (AvgIpc) is 2.14. The van der Waals surface area contributed by atoms with E-state index in [-0.39, 0.29) is 10.7 Å². The van der Waals surface area contributed by atoms with Gasteiger partial charge in [0.15, 0.2) is 0 Å². The van der Waals surface area contributed by atoms with Crippen LogP contribution >= 0.6 is 11.6 Å². The van der Waals surface area contributed by atoms with E-state index in [1.54, 1.807) is 0 Å². The largest absolute Gasteiger partial charge is 0.417 e. The predicted molar refractivity (Wildman–Crippen MR) is 52.8 cm³/mol. The minimum atomic E-state index is -4.48. The SMILES string of the molecule is C[C@H](O)C#Cc1ncc(C(F)(F)F)cc1Cl. The minimum Gasteiger partial charge on any atom is -0.381 e. The van der Waals surface area contributed by atoms with Crippen LogP contribution in [0, 0.1) is 11.8 Å². The van der Waals surface area contributed by atoms with Crippen LogP contribution in [0.2, 0.25) is 5.02 Å². The lowest BCUT2D eigenvalue weighted by molar-refractivity contribution is -0.137. The molecule has 0 aliphatic carbocycles. The molecule has 2 nitrogen and oxygen atoms in total. The Morgan fingerprint density at radius 1 is 1.50 bits per heavy atom. The highest BCUT2D eigenvalue weighted by Gasteiger charge is 2.31. The van der Waals surface area contributed by atoms with Crippen LogP contribution in [0.1, 0.15) is 18.2 Å². The molecule has 0 spiro atoms. The zero-order chi connectivity index (χ0) is 12.3. The molecular weight excluding hydrogens is 243 g/mol. The first-order chi connectivity index (χ1) is 7.30. The monoisotopic (exact) mass is 249 g/mol. The van der Waals surface area contributed by atoms with Crippen molar-refractivity contribution in [2.45, 2.75) is 19.2 Å². The van der Waals surface area contributed by atoms with Crippen molar-refractivity contribution in [3.63, 3.8) is 0 Å². The lowest BCUT2D eigenvalue weighted by Crippen LogP contribution is -2.06. The molecule has 0 bridgehead atoms. The molecule has 1 rings (SSSR count). The highest BCUT2D eigenvalue weighted by atomic mass is 35.5. The highest BCUT2D eigenvalue weighted by Crippen LogP contribution is 2.30. The van der Waals surface area contributed by atoms with Crippen LogP contribution in [0.5, 0.6) is 0 Å². The fraction of sp³-hybridized carbons (Fsp3) is 0.300. The Bertz CT molecular complexity index is 446. The van der Waals surface area contributed by atoms with Crippen LogP contribution in [0.3, 0.4) is 0 Å². The molecule has 0 saturated carbocycles. The second kappa shape index (κ2) is 4.73. The molecule has 0 amide bonds. The fourth-order valence-electron chi connectivity index (χ4n) is 0.858. The van der Waals surface area contributed by atoms with Crippen molar-refractivity contribution in [1.29, 1.82) is 0 Å². The first kappa shape index (κ1) is 12.8. The summed E-state index contributed by atoms with van der Waals surface area (Å²) in [5.74, 6) is 4.72. The second-order valence-electron chi connectivity index (χ2n) is 3.00. The Morgan fingerprint density at radius 2 is 2.12 bits per heavy atom. The van der Waals surface area contributed by atoms with Gasteiger partial charge in [0.25, 0.3) is 0 Å². The Labute approximate surface area is 95.1 Å². The number of alkyl halides is 3. The van der Waals surface area contributed by atoms with Crippen LogP contribution in [-0.2, 0) is 6.18 Å². The van der Waals surface area contributed by atoms with E-state index in [0.29, 0.717) is 6.20 Å². The Hall–Kier alpha value is -1.25. The van der Waals surface area contributed by atoms with Crippen LogP contribution in [-0.4, -0.2) is 16.2 Å². The van der Waals surface area contributed by atoms with E-state index in [0.717, 1.165) is 6.07 Å². The second-order valence-corrected chi connectivity index (χ2v) is 3.40. The number of hydrogen-bond donors (Lipinski definition) is 1. The quantitative estimate of drug-likeness (QED) is 0.717. The van der Waals surface area contributed by atoms with E-state index >= 15 is 0 Å². The van der Waals surface area contributed by atoms with E-state index in [9.17, 15) is 13.2 Å². The molecule has 0 saturated heterocycles. The van der Waals surface area contributed by atoms with Crippen molar-refractivity contribution in [3.8, 4) is 11.8 Å². The standard InChI is InChI=1S/C10H7ClF3NO/c1-6(16)2-3-9-8(11)4-7(5-15-9)10(12,13)14/h4-6,16H,1H3/t6-/m0/s1. The summed E-state index contributed by atoms with van der Waals surface area (Å²) < 4.78 is 36.7. The summed E-state index contributed by atoms with van der Waals surface area (Å²) in [6, 6.07) is 0.751. The predicted octanol–water partition coefficient (Wildman–Crippen LogP) is 2.49. The maximum Gasteiger partial charge on any atom is 0.417 e. The molecule has 1 aromatic rings. The van der Waals surface area contributed by atoms with E-state index in [1.165, 1.54) is 6.92 Å². The smallest absolute Gasteiger partial charge is 0.381 e. The van der Waals surface area contributed by atoms with Gasteiger partial charge in [-0.15, -0.1) is 0 Å². The molecule has 0 fully saturated rings. The van der Waals surface area contributed by atoms with E-state index < -0.39 is 17.8 Å². The van der Waals surface area contributed by atoms with Gasteiger partial charge in [0.05, 0.1) is 10.6 Å². The molecule has 0 unspecified atom stereocenters. The van der Waals surface area contributed by atoms with Crippen molar-refractivity contribution in [3.05, 3.63) is 28.5 Å². The Balaban J connectivity index is 3.07. The maximum atomic E-state index is 12.2. The van der Waals surface area contributed by atoms with Crippen molar-refractivity contribution in [2.75, 3.05) is 0 Å². The van der Waals surface area contributed by atoms with E-state index in [1.807, 2.05) is 0 Å². The molecule has 0 radical (unpaired) electrons. The van der Waals surface area contributed by atoms with Gasteiger partial charge in [0.2, 0.25) is 0 Å². The number of rotatable bonds is 0. The third kappa shape index (κ3) is 3.40. The Morgan fingerprint density at radius 3 is 2.56 bits per heavy atom. The summed E-state index contributed by atoms with van der Waals surface area (Å²) in [6.07, 6.45) is -4.72. The zero-order valence-corrected chi connectivity index (χ0v) is 8.89. The number of aliphatic hydroxyl groups is 1. The third-order valence-electron chi connectivity index (χ3n) is 1.57. The van der Waals surface area contributed by atoms with Crippen molar-refractivity contribution in [1.82, 2.24) is 4.98 Å². The maximum absolute atomic E-state index is 12.2. The van der Waals surface area contributed by atoms with Gasteiger partial charge in [0, 0.05) is 6.20 Å². The fourth-order valence-corrected chi connectivity index (χ4v) is 1.07. The van der Waals surface area contributed by atoms with Crippen molar-refractivity contribution < 1.29 is 18.3 Å². The van der Waals surface area contributed by atoms with Gasteiger partial charge in [-0.05, 0) is 18.9 Å². The van der Waals surface area contributed by atoms with Crippen molar-refractivity contribution in [2.24, 2.45) is 0 Å². The number of hydrogen-bond acceptors (Lipinski definition) is 2. The molecule has 6 heteroatoms. The molecule has 1 aromatic heterocycles.